The van der Waals surface area contributed by atoms with E-state index in [2.05, 4.69) is 32.8 Å². The fraction of sp³-hybridized carbons (Fsp3) is 0.524. The number of likely N-dealkylation sites (tertiary alicyclic amines) is 1. The third-order valence-corrected chi connectivity index (χ3v) is 6.52. The first kappa shape index (κ1) is 20.7. The average Bonchev–Trinajstić information content (AvgIpc) is 2.77. The predicted octanol–water partition coefficient (Wildman–Crippen LogP) is 3.72. The zero-order valence-electron chi connectivity index (χ0n) is 16.7. The van der Waals surface area contributed by atoms with Crippen LogP contribution in [0.15, 0.2) is 30.5 Å². The highest BCUT2D eigenvalue weighted by Crippen LogP contribution is 2.26. The molecule has 2 fully saturated rings. The fourth-order valence-electron chi connectivity index (χ4n) is 4.00. The molecule has 6 nitrogen and oxygen atoms in total. The van der Waals surface area contributed by atoms with Crippen molar-refractivity contribution in [3.63, 3.8) is 0 Å². The number of hydrogen-bond donors (Lipinski definition) is 0. The highest BCUT2D eigenvalue weighted by Gasteiger charge is 2.24. The monoisotopic (exact) mass is 435 g/mol. The smallest absolute Gasteiger partial charge is 0.227 e. The van der Waals surface area contributed by atoms with Gasteiger partial charge in [-0.15, -0.1) is 0 Å². The number of rotatable bonds is 5. The van der Waals surface area contributed by atoms with Crippen LogP contribution in [-0.2, 0) is 11.3 Å². The molecule has 0 atom stereocenters. The van der Waals surface area contributed by atoms with Gasteiger partial charge in [-0.05, 0) is 36.6 Å². The minimum absolute atomic E-state index is 0.479. The number of anilines is 2. The Bertz CT molecular complexity index is 822. The highest BCUT2D eigenvalue weighted by molar-refractivity contribution is 6.42. The lowest BCUT2D eigenvalue weighted by Gasteiger charge is -2.37. The van der Waals surface area contributed by atoms with Gasteiger partial charge in [0.2, 0.25) is 5.95 Å². The summed E-state index contributed by atoms with van der Waals surface area (Å²) in [6.45, 7) is 6.18. The van der Waals surface area contributed by atoms with E-state index in [1.54, 1.807) is 0 Å². The fourth-order valence-corrected chi connectivity index (χ4v) is 4.32. The standard InChI is InChI=1S/C21H27Cl2N5O/c1-26(20-4-7-24-21(25-20)28-10-12-29-13-11-28)17-5-8-27(9-6-17)15-16-2-3-18(22)19(23)14-16/h2-4,7,14,17H,5-6,8-13,15H2,1H3. The van der Waals surface area contributed by atoms with Crippen molar-refractivity contribution < 1.29 is 4.74 Å². The molecule has 0 aliphatic carbocycles. The molecule has 0 amide bonds. The van der Waals surface area contributed by atoms with Crippen LogP contribution >= 0.6 is 23.2 Å². The van der Waals surface area contributed by atoms with E-state index in [4.69, 9.17) is 32.9 Å². The Hall–Kier alpha value is -1.60. The van der Waals surface area contributed by atoms with Gasteiger partial charge in [0.15, 0.2) is 0 Å². The molecule has 0 N–H and O–H groups in total. The molecule has 4 rings (SSSR count). The topological polar surface area (TPSA) is 44.7 Å². The summed E-state index contributed by atoms with van der Waals surface area (Å²) in [7, 11) is 2.14. The molecule has 0 saturated carbocycles. The van der Waals surface area contributed by atoms with E-state index >= 15 is 0 Å². The second kappa shape index (κ2) is 9.47. The maximum atomic E-state index is 6.15. The number of nitrogens with zero attached hydrogens (tertiary/aromatic N) is 5. The predicted molar refractivity (Wildman–Crippen MR) is 118 cm³/mol. The molecular weight excluding hydrogens is 409 g/mol. The van der Waals surface area contributed by atoms with Crippen LogP contribution in [0.25, 0.3) is 0 Å². The Balaban J connectivity index is 1.34. The summed E-state index contributed by atoms with van der Waals surface area (Å²) in [5.74, 6) is 1.79. The first-order valence-electron chi connectivity index (χ1n) is 10.1. The van der Waals surface area contributed by atoms with Gasteiger partial charge in [-0.1, -0.05) is 29.3 Å². The molecule has 8 heteroatoms. The van der Waals surface area contributed by atoms with Crippen LogP contribution in [0.4, 0.5) is 11.8 Å². The molecule has 0 radical (unpaired) electrons. The van der Waals surface area contributed by atoms with Crippen molar-refractivity contribution in [1.82, 2.24) is 14.9 Å². The SMILES string of the molecule is CN(c1ccnc(N2CCOCC2)n1)C1CCN(Cc2ccc(Cl)c(Cl)c2)CC1. The van der Waals surface area contributed by atoms with Gasteiger partial charge in [0, 0.05) is 52.0 Å². The molecule has 2 saturated heterocycles. The van der Waals surface area contributed by atoms with Crippen molar-refractivity contribution in [1.29, 1.82) is 0 Å². The largest absolute Gasteiger partial charge is 0.378 e. The van der Waals surface area contributed by atoms with E-state index < -0.39 is 0 Å². The lowest BCUT2D eigenvalue weighted by atomic mass is 10.0. The van der Waals surface area contributed by atoms with E-state index in [1.807, 2.05) is 24.4 Å². The van der Waals surface area contributed by atoms with E-state index in [1.165, 1.54) is 5.56 Å². The van der Waals surface area contributed by atoms with Crippen LogP contribution < -0.4 is 9.80 Å². The normalized spacial score (nSPS) is 18.8. The zero-order valence-corrected chi connectivity index (χ0v) is 18.2. The van der Waals surface area contributed by atoms with Crippen LogP contribution in [0.3, 0.4) is 0 Å². The number of hydrogen-bond acceptors (Lipinski definition) is 6. The van der Waals surface area contributed by atoms with Crippen LogP contribution in [0.5, 0.6) is 0 Å². The molecule has 29 heavy (non-hydrogen) atoms. The number of halogens is 2. The summed E-state index contributed by atoms with van der Waals surface area (Å²) in [5, 5.41) is 1.23. The molecule has 1 aromatic heterocycles. The number of piperidine rings is 1. The second-order valence-corrected chi connectivity index (χ2v) is 8.50. The summed E-state index contributed by atoms with van der Waals surface area (Å²) < 4.78 is 5.43. The summed E-state index contributed by atoms with van der Waals surface area (Å²) in [4.78, 5) is 16.3. The van der Waals surface area contributed by atoms with E-state index in [0.717, 1.165) is 70.5 Å². The first-order chi connectivity index (χ1) is 14.1. The molecule has 0 bridgehead atoms. The second-order valence-electron chi connectivity index (χ2n) is 7.68. The van der Waals surface area contributed by atoms with Gasteiger partial charge >= 0.3 is 0 Å². The van der Waals surface area contributed by atoms with Gasteiger partial charge in [-0.25, -0.2) is 4.98 Å². The molecule has 2 aliphatic rings. The van der Waals surface area contributed by atoms with Crippen molar-refractivity contribution >= 4 is 35.0 Å². The average molecular weight is 436 g/mol. The summed E-state index contributed by atoms with van der Waals surface area (Å²) in [6.07, 6.45) is 4.08. The van der Waals surface area contributed by atoms with E-state index in [0.29, 0.717) is 16.1 Å². The van der Waals surface area contributed by atoms with Crippen molar-refractivity contribution in [3.8, 4) is 0 Å². The third-order valence-electron chi connectivity index (χ3n) is 5.78. The van der Waals surface area contributed by atoms with Gasteiger partial charge < -0.3 is 14.5 Å². The zero-order chi connectivity index (χ0) is 20.2. The Morgan fingerprint density at radius 3 is 2.55 bits per heavy atom. The molecule has 3 heterocycles. The van der Waals surface area contributed by atoms with Crippen molar-refractivity contribution in [3.05, 3.63) is 46.1 Å². The van der Waals surface area contributed by atoms with Gasteiger partial charge in [0.1, 0.15) is 5.82 Å². The molecule has 2 aromatic rings. The minimum atomic E-state index is 0.479. The number of benzene rings is 1. The number of ether oxygens (including phenoxy) is 1. The maximum Gasteiger partial charge on any atom is 0.227 e. The molecule has 156 valence electrons. The number of aromatic nitrogens is 2. The summed E-state index contributed by atoms with van der Waals surface area (Å²) in [5.41, 5.74) is 1.21. The Morgan fingerprint density at radius 2 is 1.83 bits per heavy atom. The lowest BCUT2D eigenvalue weighted by molar-refractivity contribution is 0.122. The maximum absolute atomic E-state index is 6.15. The Labute approximate surface area is 182 Å². The van der Waals surface area contributed by atoms with E-state index in [9.17, 15) is 0 Å². The molecule has 2 aliphatic heterocycles. The van der Waals surface area contributed by atoms with Crippen LogP contribution in [0.2, 0.25) is 10.0 Å². The number of morpholine rings is 1. The lowest BCUT2D eigenvalue weighted by Crippen LogP contribution is -2.43. The first-order valence-corrected chi connectivity index (χ1v) is 10.9. The Morgan fingerprint density at radius 1 is 1.07 bits per heavy atom. The highest BCUT2D eigenvalue weighted by atomic mass is 35.5. The van der Waals surface area contributed by atoms with Crippen molar-refractivity contribution in [2.45, 2.75) is 25.4 Å². The molecule has 0 spiro atoms. The van der Waals surface area contributed by atoms with Crippen molar-refractivity contribution in [2.75, 3.05) is 56.2 Å². The van der Waals surface area contributed by atoms with Crippen LogP contribution in [-0.4, -0.2) is 67.4 Å². The molecular formula is C21H27Cl2N5O. The van der Waals surface area contributed by atoms with E-state index in [-0.39, 0.29) is 0 Å². The van der Waals surface area contributed by atoms with Gasteiger partial charge in [-0.2, -0.15) is 4.98 Å². The minimum Gasteiger partial charge on any atom is -0.378 e. The van der Waals surface area contributed by atoms with Gasteiger partial charge in [0.25, 0.3) is 0 Å². The van der Waals surface area contributed by atoms with Crippen LogP contribution in [0, 0.1) is 0 Å². The summed E-state index contributed by atoms with van der Waals surface area (Å²) >= 11 is 12.2. The van der Waals surface area contributed by atoms with Gasteiger partial charge in [-0.3, -0.25) is 4.90 Å². The molecule has 0 unspecified atom stereocenters. The van der Waals surface area contributed by atoms with Crippen molar-refractivity contribution in [2.24, 2.45) is 0 Å². The molecule has 1 aromatic carbocycles. The summed E-state index contributed by atoms with van der Waals surface area (Å²) in [6, 6.07) is 8.39. The third kappa shape index (κ3) is 5.12. The quantitative estimate of drug-likeness (QED) is 0.712. The van der Waals surface area contributed by atoms with Crippen LogP contribution in [0.1, 0.15) is 18.4 Å². The Kier molecular flexibility index (Phi) is 6.75. The van der Waals surface area contributed by atoms with Gasteiger partial charge in [0.05, 0.1) is 23.3 Å².